The molecule has 2 bridgehead atoms. The van der Waals surface area contributed by atoms with Gasteiger partial charge in [-0.05, 0) is 0 Å². The van der Waals surface area contributed by atoms with E-state index in [1.807, 2.05) is 0 Å². The first kappa shape index (κ1) is 17.9. The summed E-state index contributed by atoms with van der Waals surface area (Å²) >= 11 is 0. The molecule has 101 valence electrons. The van der Waals surface area contributed by atoms with Crippen LogP contribution in [0.3, 0.4) is 0 Å². The van der Waals surface area contributed by atoms with Crippen molar-refractivity contribution in [3.8, 4) is 0 Å². The monoisotopic (exact) mass is 348 g/mol. The van der Waals surface area contributed by atoms with Crippen molar-refractivity contribution in [2.75, 3.05) is 0 Å². The van der Waals surface area contributed by atoms with E-state index < -0.39 is 29.6 Å². The third kappa shape index (κ3) is 6.06. The van der Waals surface area contributed by atoms with E-state index in [1.54, 1.807) is 0 Å². The van der Waals surface area contributed by atoms with Crippen LogP contribution >= 0.6 is 23.5 Å². The van der Waals surface area contributed by atoms with E-state index in [2.05, 4.69) is 18.1 Å². The van der Waals surface area contributed by atoms with Crippen LogP contribution in [0.4, 0.5) is 0 Å². The van der Waals surface area contributed by atoms with Crippen molar-refractivity contribution >= 4 is 23.5 Å². The maximum Gasteiger partial charge on any atom is 0.493 e. The molecule has 0 aromatic carbocycles. The number of hydrogen-bond donors (Lipinski definition) is 0. The van der Waals surface area contributed by atoms with Crippen LogP contribution in [0.5, 0.6) is 0 Å². The van der Waals surface area contributed by atoms with Gasteiger partial charge in [-0.1, -0.05) is 0 Å². The summed E-state index contributed by atoms with van der Waals surface area (Å²) < 4.78 is 44.7. The van der Waals surface area contributed by atoms with Crippen molar-refractivity contribution in [1.29, 1.82) is 0 Å². The molecule has 12 nitrogen and oxygen atoms in total. The van der Waals surface area contributed by atoms with Gasteiger partial charge in [0.05, 0.1) is 7.82 Å². The Morgan fingerprint density at radius 1 is 1.00 bits per heavy atom. The number of hydrogen-bond acceptors (Lipinski definition) is 12. The summed E-state index contributed by atoms with van der Waals surface area (Å²) in [4.78, 5) is 45.4. The summed E-state index contributed by atoms with van der Waals surface area (Å²) in [5.41, 5.74) is 0. The van der Waals surface area contributed by atoms with Crippen molar-refractivity contribution in [3.63, 3.8) is 0 Å². The molecule has 17 heavy (non-hydrogen) atoms. The van der Waals surface area contributed by atoms with Gasteiger partial charge in [0, 0.05) is 18.6 Å². The van der Waals surface area contributed by atoms with Crippen molar-refractivity contribution in [2.24, 2.45) is 0 Å². The first-order valence-electron chi connectivity index (χ1n) is 3.01. The van der Waals surface area contributed by atoms with Gasteiger partial charge < -0.3 is 33.6 Å². The Kier molecular flexibility index (Phi) is 5.40. The SMILES string of the molecule is O=P([O-])([O-])OC12OP(=O)(O1)O2.O=P([O-])([O-])[O-].[V]. The van der Waals surface area contributed by atoms with Crippen LogP contribution in [-0.2, 0) is 50.3 Å². The van der Waals surface area contributed by atoms with Crippen molar-refractivity contribution in [3.05, 3.63) is 0 Å². The molecule has 0 atom stereocenters. The van der Waals surface area contributed by atoms with Gasteiger partial charge >= 0.3 is 14.0 Å². The van der Waals surface area contributed by atoms with Gasteiger partial charge in [-0.15, -0.1) is 0 Å². The van der Waals surface area contributed by atoms with Gasteiger partial charge in [-0.2, -0.15) is 7.82 Å². The average Bonchev–Trinajstić information content (AvgIpc) is 1.72. The molecule has 3 fully saturated rings. The third-order valence-corrected chi connectivity index (χ3v) is 2.68. The molecule has 0 amide bonds. The summed E-state index contributed by atoms with van der Waals surface area (Å²) in [5, 5.41) is 0. The molecule has 0 unspecified atom stereocenters. The van der Waals surface area contributed by atoms with Gasteiger partial charge in [0.1, 0.15) is 0 Å². The maximum atomic E-state index is 10.4. The topological polar surface area (TPSA) is 203 Å². The fourth-order valence-corrected chi connectivity index (χ4v) is 2.15. The fraction of sp³-hybridized carbons (Fsp3) is 1.00. The van der Waals surface area contributed by atoms with Crippen LogP contribution in [0, 0.1) is 0 Å². The molecule has 1 radical (unpaired) electrons. The summed E-state index contributed by atoms with van der Waals surface area (Å²) in [6.45, 7) is 0. The van der Waals surface area contributed by atoms with Gasteiger partial charge in [-0.3, -0.25) is 4.52 Å². The van der Waals surface area contributed by atoms with E-state index in [-0.39, 0.29) is 18.6 Å². The van der Waals surface area contributed by atoms with E-state index in [4.69, 9.17) is 19.2 Å². The van der Waals surface area contributed by atoms with Crippen LogP contribution in [0.15, 0.2) is 0 Å². The predicted octanol–water partition coefficient (Wildman–Crippen LogP) is -4.20. The Bertz CT molecular complexity index is 381. The first-order valence-corrected chi connectivity index (χ1v) is 7.39. The molecule has 0 aromatic heterocycles. The van der Waals surface area contributed by atoms with Crippen LogP contribution in [0.2, 0.25) is 0 Å². The summed E-state index contributed by atoms with van der Waals surface area (Å²) in [6.07, 6.45) is -2.34. The molecule has 0 spiro atoms. The molecular weight excluding hydrogens is 348 g/mol. The molecular formula is CO12P3V-5. The Morgan fingerprint density at radius 3 is 1.47 bits per heavy atom. The van der Waals surface area contributed by atoms with E-state index in [1.165, 1.54) is 0 Å². The Balaban J connectivity index is 0.000000373. The van der Waals surface area contributed by atoms with Crippen molar-refractivity contribution < 1.29 is 74.8 Å². The van der Waals surface area contributed by atoms with E-state index in [9.17, 15) is 18.9 Å². The summed E-state index contributed by atoms with van der Waals surface area (Å²) in [7, 11) is -14.1. The molecule has 0 N–H and O–H groups in total. The van der Waals surface area contributed by atoms with Gasteiger partial charge in [0.25, 0.3) is 0 Å². The number of phosphoric ester groups is 2. The minimum absolute atomic E-state index is 0. The van der Waals surface area contributed by atoms with Crippen molar-refractivity contribution in [1.82, 2.24) is 0 Å². The Morgan fingerprint density at radius 2 is 1.29 bits per heavy atom. The number of phosphoric acid groups is 3. The normalized spacial score (nSPS) is 34.4. The van der Waals surface area contributed by atoms with Gasteiger partial charge in [0.15, 0.2) is 0 Å². The minimum Gasteiger partial charge on any atom is -0.822 e. The summed E-state index contributed by atoms with van der Waals surface area (Å²) in [5.74, 6) is 0. The molecule has 3 aliphatic rings. The zero-order valence-corrected chi connectivity index (χ0v) is 11.3. The van der Waals surface area contributed by atoms with Crippen molar-refractivity contribution in [2.45, 2.75) is 6.16 Å². The summed E-state index contributed by atoms with van der Waals surface area (Å²) in [6, 6.07) is 0. The largest absolute Gasteiger partial charge is 0.822 e. The maximum absolute atomic E-state index is 10.4. The number of rotatable bonds is 2. The second kappa shape index (κ2) is 5.12. The Labute approximate surface area is 105 Å². The van der Waals surface area contributed by atoms with E-state index in [0.717, 1.165) is 0 Å². The van der Waals surface area contributed by atoms with Gasteiger partial charge in [-0.25, -0.2) is 18.1 Å². The van der Waals surface area contributed by atoms with Crippen LogP contribution in [-0.4, -0.2) is 6.16 Å². The fourth-order valence-electron chi connectivity index (χ4n) is 0.618. The van der Waals surface area contributed by atoms with E-state index in [0.29, 0.717) is 0 Å². The second-order valence-corrected chi connectivity index (χ2v) is 5.62. The zero-order valence-electron chi connectivity index (χ0n) is 7.19. The molecule has 0 aromatic rings. The van der Waals surface area contributed by atoms with Crippen LogP contribution in [0.25, 0.3) is 0 Å². The molecule has 16 heteroatoms. The molecule has 3 aliphatic heterocycles. The Hall–Kier alpha value is 0.914. The zero-order chi connectivity index (χ0) is 12.8. The van der Waals surface area contributed by atoms with Crippen LogP contribution in [0.1, 0.15) is 0 Å². The standard InChI is InChI=1S/CH2O8P2.H3O4P.V/c2-10(3,4)6-1-7-11(5,8-1)9-1;1-5(2,3)4;/h(H2,2,3,4);(H3,1,2,3,4);/p-5. The van der Waals surface area contributed by atoms with Crippen LogP contribution < -0.4 is 24.5 Å². The molecule has 3 heterocycles. The van der Waals surface area contributed by atoms with E-state index >= 15 is 0 Å². The second-order valence-electron chi connectivity index (χ2n) is 2.21. The average molecular weight is 348 g/mol. The molecule has 3 rings (SSSR count). The van der Waals surface area contributed by atoms with Gasteiger partial charge in [0.2, 0.25) is 0 Å². The molecule has 0 aliphatic carbocycles. The smallest absolute Gasteiger partial charge is 0.493 e. The quantitative estimate of drug-likeness (QED) is 0.436. The minimum atomic E-state index is -5.39. The molecule has 0 saturated carbocycles. The molecule has 3 saturated heterocycles. The third-order valence-electron chi connectivity index (χ3n) is 0.894. The first-order chi connectivity index (χ1) is 6.83. The predicted molar refractivity (Wildman–Crippen MR) is 29.9 cm³/mol.